The molecular weight excluding hydrogens is 528 g/mol. The van der Waals surface area contributed by atoms with Crippen molar-refractivity contribution in [3.05, 3.63) is 58.5 Å². The summed E-state index contributed by atoms with van der Waals surface area (Å²) in [5.41, 5.74) is 1.65. The van der Waals surface area contributed by atoms with E-state index in [2.05, 4.69) is 10.2 Å². The molecule has 0 radical (unpaired) electrons. The summed E-state index contributed by atoms with van der Waals surface area (Å²) < 4.78 is 31.6. The minimum atomic E-state index is -3.74. The van der Waals surface area contributed by atoms with Crippen LogP contribution in [0.4, 0.5) is 10.5 Å². The Morgan fingerprint density at radius 1 is 1.11 bits per heavy atom. The van der Waals surface area contributed by atoms with Crippen LogP contribution >= 0.6 is 11.8 Å². The van der Waals surface area contributed by atoms with E-state index in [-0.39, 0.29) is 23.5 Å². The molecule has 202 valence electrons. The maximum atomic E-state index is 13.2. The van der Waals surface area contributed by atoms with Crippen molar-refractivity contribution >= 4 is 50.6 Å². The predicted octanol–water partition coefficient (Wildman–Crippen LogP) is 3.01. The van der Waals surface area contributed by atoms with Gasteiger partial charge in [-0.2, -0.15) is 0 Å². The van der Waals surface area contributed by atoms with Crippen molar-refractivity contribution in [2.24, 2.45) is 0 Å². The highest BCUT2D eigenvalue weighted by atomic mass is 32.2. The molecule has 10 nitrogen and oxygen atoms in total. The third-order valence-electron chi connectivity index (χ3n) is 6.35. The topological polar surface area (TPSA) is 116 Å². The van der Waals surface area contributed by atoms with E-state index in [1.165, 1.54) is 26.2 Å². The zero-order valence-corrected chi connectivity index (χ0v) is 23.1. The number of benzene rings is 2. The first-order valence-electron chi connectivity index (χ1n) is 12.1. The van der Waals surface area contributed by atoms with Crippen LogP contribution in [0, 0.1) is 0 Å². The molecule has 2 aliphatic rings. The number of imide groups is 1. The average Bonchev–Trinajstić information content (AvgIpc) is 3.53. The monoisotopic (exact) mass is 558 g/mol. The zero-order chi connectivity index (χ0) is 27.4. The Balaban J connectivity index is 1.46. The number of hydrogen-bond donors (Lipinski definition) is 1. The van der Waals surface area contributed by atoms with Crippen molar-refractivity contribution in [3.8, 4) is 5.75 Å². The molecule has 0 aromatic heterocycles. The van der Waals surface area contributed by atoms with E-state index < -0.39 is 27.1 Å². The summed E-state index contributed by atoms with van der Waals surface area (Å²) >= 11 is 0.845. The van der Waals surface area contributed by atoms with Crippen LogP contribution in [-0.2, 0) is 14.8 Å². The predicted molar refractivity (Wildman–Crippen MR) is 147 cm³/mol. The first-order valence-corrected chi connectivity index (χ1v) is 14.4. The summed E-state index contributed by atoms with van der Waals surface area (Å²) in [6.45, 7) is 1.57. The number of methoxy groups -OCH3 is 1. The molecule has 3 amide bonds. The van der Waals surface area contributed by atoms with E-state index in [4.69, 9.17) is 4.74 Å². The Morgan fingerprint density at radius 3 is 2.42 bits per heavy atom. The summed E-state index contributed by atoms with van der Waals surface area (Å²) in [5, 5.41) is 2.34. The lowest BCUT2D eigenvalue weighted by Gasteiger charge is -2.22. The Morgan fingerprint density at radius 2 is 1.79 bits per heavy atom. The third kappa shape index (κ3) is 5.87. The molecule has 2 saturated heterocycles. The Hall–Kier alpha value is -3.35. The normalized spacial score (nSPS) is 17.1. The van der Waals surface area contributed by atoms with Crippen molar-refractivity contribution in [2.45, 2.75) is 17.7 Å². The molecule has 2 fully saturated rings. The molecule has 2 aromatic carbocycles. The largest absolute Gasteiger partial charge is 0.497 e. The van der Waals surface area contributed by atoms with E-state index in [1.54, 1.807) is 43.5 Å². The number of hydrogen-bond acceptors (Lipinski definition) is 8. The van der Waals surface area contributed by atoms with Gasteiger partial charge in [-0.25, -0.2) is 12.7 Å². The molecule has 0 bridgehead atoms. The minimum absolute atomic E-state index is 0.00884. The van der Waals surface area contributed by atoms with Gasteiger partial charge in [0, 0.05) is 46.0 Å². The van der Waals surface area contributed by atoms with E-state index in [0.717, 1.165) is 52.5 Å². The van der Waals surface area contributed by atoms with Gasteiger partial charge in [0.05, 0.1) is 22.5 Å². The standard InChI is InChI=1S/C26H30N4O6S2/c1-28(2)38(34,35)20-10-11-22(29-13-4-5-14-29)21(17-20)24(31)27-12-15-30-25(32)23(37-26(30)33)16-18-6-8-19(36-3)9-7-18/h6-11,16-17H,4-5,12-15H2,1-3H3,(H,27,31). The van der Waals surface area contributed by atoms with Gasteiger partial charge in [0.15, 0.2) is 0 Å². The molecular formula is C26H30N4O6S2. The molecule has 0 saturated carbocycles. The maximum absolute atomic E-state index is 13.2. The number of carbonyl (C=O) groups excluding carboxylic acids is 3. The minimum Gasteiger partial charge on any atom is -0.497 e. The number of nitrogens with one attached hydrogen (secondary N) is 1. The summed E-state index contributed by atoms with van der Waals surface area (Å²) in [6.07, 6.45) is 3.62. The summed E-state index contributed by atoms with van der Waals surface area (Å²) in [4.78, 5) is 42.0. The molecule has 2 heterocycles. The van der Waals surface area contributed by atoms with Crippen LogP contribution < -0.4 is 15.0 Å². The van der Waals surface area contributed by atoms with Gasteiger partial charge in [-0.05, 0) is 66.6 Å². The van der Waals surface area contributed by atoms with Crippen LogP contribution in [-0.4, -0.2) is 82.1 Å². The Bertz CT molecular complexity index is 1370. The first kappa shape index (κ1) is 27.7. The maximum Gasteiger partial charge on any atom is 0.293 e. The van der Waals surface area contributed by atoms with Crippen molar-refractivity contribution in [2.75, 3.05) is 52.3 Å². The highest BCUT2D eigenvalue weighted by Gasteiger charge is 2.35. The number of sulfonamides is 1. The zero-order valence-electron chi connectivity index (χ0n) is 21.5. The van der Waals surface area contributed by atoms with E-state index >= 15 is 0 Å². The molecule has 2 aliphatic heterocycles. The van der Waals surface area contributed by atoms with E-state index in [1.807, 2.05) is 0 Å². The third-order valence-corrected chi connectivity index (χ3v) is 9.06. The summed E-state index contributed by atoms with van der Waals surface area (Å²) in [5.74, 6) is -0.214. The Labute approximate surface area is 226 Å². The van der Waals surface area contributed by atoms with Crippen LogP contribution in [0.15, 0.2) is 52.3 Å². The first-order chi connectivity index (χ1) is 18.1. The van der Waals surface area contributed by atoms with Gasteiger partial charge in [0.1, 0.15) is 5.75 Å². The van der Waals surface area contributed by atoms with Gasteiger partial charge in [0.2, 0.25) is 10.0 Å². The quantitative estimate of drug-likeness (QED) is 0.467. The molecule has 0 aliphatic carbocycles. The molecule has 4 rings (SSSR count). The van der Waals surface area contributed by atoms with Crippen molar-refractivity contribution in [3.63, 3.8) is 0 Å². The molecule has 38 heavy (non-hydrogen) atoms. The number of ether oxygens (including phenoxy) is 1. The second kappa shape index (κ2) is 11.6. The molecule has 0 unspecified atom stereocenters. The van der Waals surface area contributed by atoms with E-state index in [9.17, 15) is 22.8 Å². The fraction of sp³-hybridized carbons (Fsp3) is 0.346. The van der Waals surface area contributed by atoms with Gasteiger partial charge in [0.25, 0.3) is 17.1 Å². The molecule has 0 atom stereocenters. The van der Waals surface area contributed by atoms with Gasteiger partial charge < -0.3 is 15.0 Å². The fourth-order valence-electron chi connectivity index (χ4n) is 4.22. The number of carbonyl (C=O) groups is 3. The highest BCUT2D eigenvalue weighted by molar-refractivity contribution is 8.18. The molecule has 1 N–H and O–H groups in total. The van der Waals surface area contributed by atoms with Gasteiger partial charge in [-0.1, -0.05) is 12.1 Å². The van der Waals surface area contributed by atoms with Gasteiger partial charge in [-0.15, -0.1) is 0 Å². The van der Waals surface area contributed by atoms with Crippen molar-refractivity contribution < 1.29 is 27.5 Å². The Kier molecular flexibility index (Phi) is 8.44. The van der Waals surface area contributed by atoms with Crippen molar-refractivity contribution in [1.29, 1.82) is 0 Å². The average molecular weight is 559 g/mol. The SMILES string of the molecule is COc1ccc(C=C2SC(=O)N(CCNC(=O)c3cc(S(=O)(=O)N(C)C)ccc3N3CCCC3)C2=O)cc1. The summed E-state index contributed by atoms with van der Waals surface area (Å²) in [6, 6.07) is 11.7. The molecule has 2 aromatic rings. The fourth-order valence-corrected chi connectivity index (χ4v) is 6.02. The second-order valence-corrected chi connectivity index (χ2v) is 12.2. The van der Waals surface area contributed by atoms with Crippen molar-refractivity contribution in [1.82, 2.24) is 14.5 Å². The van der Waals surface area contributed by atoms with Crippen LogP contribution in [0.25, 0.3) is 6.08 Å². The lowest BCUT2D eigenvalue weighted by atomic mass is 10.1. The molecule has 12 heteroatoms. The summed E-state index contributed by atoms with van der Waals surface area (Å²) in [7, 11) is 0.695. The lowest BCUT2D eigenvalue weighted by Crippen LogP contribution is -2.37. The number of amides is 3. The smallest absolute Gasteiger partial charge is 0.293 e. The van der Waals surface area contributed by atoms with Crippen LogP contribution in [0.2, 0.25) is 0 Å². The number of anilines is 1. The highest BCUT2D eigenvalue weighted by Crippen LogP contribution is 2.32. The van der Waals surface area contributed by atoms with E-state index in [0.29, 0.717) is 16.3 Å². The van der Waals surface area contributed by atoms with Gasteiger partial charge >= 0.3 is 0 Å². The van der Waals surface area contributed by atoms with Gasteiger partial charge in [-0.3, -0.25) is 19.3 Å². The van der Waals surface area contributed by atoms with Crippen LogP contribution in [0.3, 0.4) is 0 Å². The van der Waals surface area contributed by atoms with Crippen LogP contribution in [0.5, 0.6) is 5.75 Å². The molecule has 0 spiro atoms. The number of thioether (sulfide) groups is 1. The van der Waals surface area contributed by atoms with Crippen LogP contribution in [0.1, 0.15) is 28.8 Å². The lowest BCUT2D eigenvalue weighted by molar-refractivity contribution is -0.122. The number of nitrogens with zero attached hydrogens (tertiary/aromatic N) is 3. The number of rotatable bonds is 9. The second-order valence-electron chi connectivity index (χ2n) is 9.02.